The van der Waals surface area contributed by atoms with Gasteiger partial charge in [-0.3, -0.25) is 0 Å². The Morgan fingerprint density at radius 1 is 1.00 bits per heavy atom. The number of ether oxygens (including phenoxy) is 1. The monoisotopic (exact) mass is 228 g/mol. The molecule has 0 saturated carbocycles. The van der Waals surface area contributed by atoms with Crippen molar-refractivity contribution < 1.29 is 9.53 Å². The van der Waals surface area contributed by atoms with Crippen molar-refractivity contribution >= 4 is 11.7 Å². The molecule has 0 bridgehead atoms. The summed E-state index contributed by atoms with van der Waals surface area (Å²) in [6.45, 7) is 0. The predicted molar refractivity (Wildman–Crippen MR) is 66.2 cm³/mol. The summed E-state index contributed by atoms with van der Waals surface area (Å²) in [5, 5.41) is 2.51. The number of primary amides is 1. The first-order valence-electron chi connectivity index (χ1n) is 5.14. The van der Waals surface area contributed by atoms with Gasteiger partial charge in [-0.2, -0.15) is 0 Å². The van der Waals surface area contributed by atoms with Crippen molar-refractivity contribution in [1.29, 1.82) is 0 Å². The second kappa shape index (κ2) is 5.03. The quantitative estimate of drug-likeness (QED) is 0.848. The van der Waals surface area contributed by atoms with Crippen LogP contribution in [0, 0.1) is 0 Å². The van der Waals surface area contributed by atoms with Gasteiger partial charge in [0.2, 0.25) is 0 Å². The number of amides is 2. The third kappa shape index (κ3) is 2.98. The Hall–Kier alpha value is -2.49. The molecule has 3 N–H and O–H groups in total. The number of hydrogen-bond acceptors (Lipinski definition) is 2. The van der Waals surface area contributed by atoms with Crippen molar-refractivity contribution in [3.8, 4) is 11.5 Å². The maximum atomic E-state index is 10.8. The minimum atomic E-state index is -0.617. The van der Waals surface area contributed by atoms with E-state index < -0.39 is 6.03 Å². The molecule has 0 unspecified atom stereocenters. The zero-order chi connectivity index (χ0) is 12.1. The van der Waals surface area contributed by atoms with Crippen molar-refractivity contribution in [3.05, 3.63) is 54.6 Å². The highest BCUT2D eigenvalue weighted by atomic mass is 16.5. The van der Waals surface area contributed by atoms with Crippen LogP contribution in [0.2, 0.25) is 0 Å². The van der Waals surface area contributed by atoms with Crippen molar-refractivity contribution in [2.24, 2.45) is 5.73 Å². The van der Waals surface area contributed by atoms with E-state index in [-0.39, 0.29) is 0 Å². The number of urea groups is 1. The van der Waals surface area contributed by atoms with Gasteiger partial charge in [0.05, 0.1) is 5.69 Å². The fraction of sp³-hybridized carbons (Fsp3) is 0. The first-order valence-corrected chi connectivity index (χ1v) is 5.14. The van der Waals surface area contributed by atoms with E-state index in [1.807, 2.05) is 36.4 Å². The van der Waals surface area contributed by atoms with Crippen molar-refractivity contribution in [1.82, 2.24) is 0 Å². The highest BCUT2D eigenvalue weighted by molar-refractivity contribution is 5.89. The van der Waals surface area contributed by atoms with Gasteiger partial charge >= 0.3 is 6.03 Å². The minimum absolute atomic E-state index is 0.545. The summed E-state index contributed by atoms with van der Waals surface area (Å²) in [6.07, 6.45) is 0. The fourth-order valence-electron chi connectivity index (χ4n) is 1.41. The maximum Gasteiger partial charge on any atom is 0.316 e. The van der Waals surface area contributed by atoms with Gasteiger partial charge in [-0.05, 0) is 24.3 Å². The van der Waals surface area contributed by atoms with Gasteiger partial charge in [0.25, 0.3) is 0 Å². The van der Waals surface area contributed by atoms with Crippen LogP contribution in [0.3, 0.4) is 0 Å². The zero-order valence-corrected chi connectivity index (χ0v) is 9.09. The van der Waals surface area contributed by atoms with Gasteiger partial charge in [-0.15, -0.1) is 0 Å². The van der Waals surface area contributed by atoms with Crippen LogP contribution in [0.25, 0.3) is 0 Å². The third-order valence-electron chi connectivity index (χ3n) is 2.12. The highest BCUT2D eigenvalue weighted by Crippen LogP contribution is 2.28. The molecule has 4 nitrogen and oxygen atoms in total. The zero-order valence-electron chi connectivity index (χ0n) is 9.09. The number of rotatable bonds is 3. The van der Waals surface area contributed by atoms with Crippen molar-refractivity contribution in [3.63, 3.8) is 0 Å². The molecule has 2 amide bonds. The molecule has 0 heterocycles. The first kappa shape index (κ1) is 11.0. The number of nitrogens with one attached hydrogen (secondary N) is 1. The molecule has 2 aromatic rings. The summed E-state index contributed by atoms with van der Waals surface area (Å²) < 4.78 is 5.64. The van der Waals surface area contributed by atoms with Gasteiger partial charge in [-0.25, -0.2) is 4.79 Å². The van der Waals surface area contributed by atoms with E-state index >= 15 is 0 Å². The lowest BCUT2D eigenvalue weighted by Gasteiger charge is -2.10. The van der Waals surface area contributed by atoms with Crippen LogP contribution in [-0.2, 0) is 0 Å². The van der Waals surface area contributed by atoms with E-state index in [9.17, 15) is 4.79 Å². The molecule has 0 spiro atoms. The summed E-state index contributed by atoms with van der Waals surface area (Å²) in [6, 6.07) is 15.8. The van der Waals surface area contributed by atoms with E-state index in [2.05, 4.69) is 5.32 Å². The standard InChI is InChI=1S/C13H12N2O2/c14-13(16)15-11-8-4-5-9-12(11)17-10-6-2-1-3-7-10/h1-9H,(H3,14,15,16). The Balaban J connectivity index is 2.23. The highest BCUT2D eigenvalue weighted by Gasteiger charge is 2.05. The van der Waals surface area contributed by atoms with Crippen LogP contribution in [0.15, 0.2) is 54.6 Å². The Kier molecular flexibility index (Phi) is 3.25. The SMILES string of the molecule is NC(=O)Nc1ccccc1Oc1ccccc1. The summed E-state index contributed by atoms with van der Waals surface area (Å²) in [5.41, 5.74) is 5.63. The molecule has 0 aliphatic carbocycles. The van der Waals surface area contributed by atoms with Crippen molar-refractivity contribution in [2.75, 3.05) is 5.32 Å². The van der Waals surface area contributed by atoms with Crippen molar-refractivity contribution in [2.45, 2.75) is 0 Å². The van der Waals surface area contributed by atoms with Gasteiger partial charge in [0, 0.05) is 0 Å². The molecule has 0 atom stereocenters. The topological polar surface area (TPSA) is 64.4 Å². The van der Waals surface area contributed by atoms with Crippen LogP contribution in [0.4, 0.5) is 10.5 Å². The van der Waals surface area contributed by atoms with Gasteiger partial charge < -0.3 is 15.8 Å². The average molecular weight is 228 g/mol. The largest absolute Gasteiger partial charge is 0.455 e. The molecule has 4 heteroatoms. The van der Waals surface area contributed by atoms with Crippen LogP contribution < -0.4 is 15.8 Å². The summed E-state index contributed by atoms with van der Waals surface area (Å²) in [4.78, 5) is 10.8. The van der Waals surface area contributed by atoms with Gasteiger partial charge in [0.15, 0.2) is 5.75 Å². The van der Waals surface area contributed by atoms with Gasteiger partial charge in [-0.1, -0.05) is 30.3 Å². The molecular weight excluding hydrogens is 216 g/mol. The Morgan fingerprint density at radius 2 is 1.65 bits per heavy atom. The second-order valence-electron chi connectivity index (χ2n) is 3.40. The molecule has 86 valence electrons. The van der Waals surface area contributed by atoms with Gasteiger partial charge in [0.1, 0.15) is 5.75 Å². The summed E-state index contributed by atoms with van der Waals surface area (Å²) in [7, 11) is 0. The smallest absolute Gasteiger partial charge is 0.316 e. The Morgan fingerprint density at radius 3 is 2.35 bits per heavy atom. The predicted octanol–water partition coefficient (Wildman–Crippen LogP) is 2.97. The Labute approximate surface area is 99.0 Å². The molecule has 0 fully saturated rings. The molecule has 0 aromatic heterocycles. The van der Waals surface area contributed by atoms with Crippen LogP contribution in [0.1, 0.15) is 0 Å². The molecule has 2 rings (SSSR count). The van der Waals surface area contributed by atoms with Crippen LogP contribution in [0.5, 0.6) is 11.5 Å². The second-order valence-corrected chi connectivity index (χ2v) is 3.40. The molecule has 2 aromatic carbocycles. The van der Waals surface area contributed by atoms with E-state index in [0.29, 0.717) is 17.2 Å². The number of carbonyl (C=O) groups is 1. The summed E-state index contributed by atoms with van der Waals surface area (Å²) >= 11 is 0. The maximum absolute atomic E-state index is 10.8. The van der Waals surface area contributed by atoms with E-state index in [1.165, 1.54) is 0 Å². The lowest BCUT2D eigenvalue weighted by atomic mass is 10.3. The third-order valence-corrected chi connectivity index (χ3v) is 2.12. The molecule has 0 aliphatic heterocycles. The molecule has 0 aliphatic rings. The van der Waals surface area contributed by atoms with Crippen LogP contribution >= 0.6 is 0 Å². The molecule has 17 heavy (non-hydrogen) atoms. The number of hydrogen-bond donors (Lipinski definition) is 2. The number of para-hydroxylation sites is 3. The summed E-state index contributed by atoms with van der Waals surface area (Å²) in [5.74, 6) is 1.25. The molecular formula is C13H12N2O2. The number of nitrogens with two attached hydrogens (primary N) is 1. The average Bonchev–Trinajstić information content (AvgIpc) is 2.32. The normalized spacial score (nSPS) is 9.65. The first-order chi connectivity index (χ1) is 8.25. The van der Waals surface area contributed by atoms with Crippen LogP contribution in [-0.4, -0.2) is 6.03 Å². The Bertz CT molecular complexity index is 512. The van der Waals surface area contributed by atoms with E-state index in [1.54, 1.807) is 18.2 Å². The van der Waals surface area contributed by atoms with E-state index in [4.69, 9.17) is 10.5 Å². The molecule has 0 radical (unpaired) electrons. The lowest BCUT2D eigenvalue weighted by molar-refractivity contribution is 0.259. The van der Waals surface area contributed by atoms with E-state index in [0.717, 1.165) is 0 Å². The fourth-order valence-corrected chi connectivity index (χ4v) is 1.41. The number of benzene rings is 2. The number of carbonyl (C=O) groups excluding carboxylic acids is 1. The number of anilines is 1. The molecule has 0 saturated heterocycles. The minimum Gasteiger partial charge on any atom is -0.455 e. The lowest BCUT2D eigenvalue weighted by Crippen LogP contribution is -2.19.